The van der Waals surface area contributed by atoms with Crippen molar-refractivity contribution in [2.75, 3.05) is 25.5 Å². The molecule has 0 amide bonds. The van der Waals surface area contributed by atoms with Crippen LogP contribution in [0.25, 0.3) is 0 Å². The first-order valence-corrected chi connectivity index (χ1v) is 6.25. The van der Waals surface area contributed by atoms with Gasteiger partial charge in [-0.2, -0.15) is 0 Å². The first kappa shape index (κ1) is 11.5. The Morgan fingerprint density at radius 3 is 2.77 bits per heavy atom. The lowest BCUT2D eigenvalue weighted by Crippen LogP contribution is -2.37. The second kappa shape index (κ2) is 5.99. The summed E-state index contributed by atoms with van der Waals surface area (Å²) >= 11 is 3.45. The topological polar surface area (TPSA) is 12.5 Å². The van der Waals surface area contributed by atoms with E-state index < -0.39 is 0 Å². The van der Waals surface area contributed by atoms with Crippen LogP contribution in [0.4, 0.5) is 0 Å². The molecular weight excluding hydrogens is 230 g/mol. The smallest absolute Gasteiger partial charge is 0.0702 e. The van der Waals surface area contributed by atoms with Crippen LogP contribution in [0, 0.1) is 0 Å². The summed E-state index contributed by atoms with van der Waals surface area (Å²) in [6.45, 7) is 4.32. The van der Waals surface area contributed by atoms with Gasteiger partial charge in [-0.3, -0.25) is 0 Å². The maximum Gasteiger partial charge on any atom is 0.0702 e. The molecule has 1 rings (SSSR count). The quantitative estimate of drug-likeness (QED) is 0.548. The highest BCUT2D eigenvalue weighted by molar-refractivity contribution is 9.09. The summed E-state index contributed by atoms with van der Waals surface area (Å²) < 4.78 is 5.54. The van der Waals surface area contributed by atoms with Gasteiger partial charge in [0.1, 0.15) is 0 Å². The van der Waals surface area contributed by atoms with E-state index in [1.54, 1.807) is 0 Å². The van der Waals surface area contributed by atoms with Gasteiger partial charge in [0.15, 0.2) is 0 Å². The molecule has 2 nitrogen and oxygen atoms in total. The molecule has 13 heavy (non-hydrogen) atoms. The van der Waals surface area contributed by atoms with E-state index in [-0.39, 0.29) is 0 Å². The number of hydrogen-bond donors (Lipinski definition) is 0. The van der Waals surface area contributed by atoms with Crippen molar-refractivity contribution in [2.24, 2.45) is 0 Å². The maximum atomic E-state index is 5.54. The Kier molecular flexibility index (Phi) is 5.29. The lowest BCUT2D eigenvalue weighted by molar-refractivity contribution is 0.0833. The Labute approximate surface area is 89.8 Å². The Morgan fingerprint density at radius 2 is 2.23 bits per heavy atom. The van der Waals surface area contributed by atoms with Crippen molar-refractivity contribution in [1.82, 2.24) is 4.90 Å². The number of alkyl halides is 1. The summed E-state index contributed by atoms with van der Waals surface area (Å²) in [5, 5.41) is 1.12. The Morgan fingerprint density at radius 1 is 1.46 bits per heavy atom. The standard InChI is InChI=1S/C10H20BrNO/c1-9-10(5-8-13-9)12(2)7-4-3-6-11/h9-10H,3-8H2,1-2H3. The molecule has 78 valence electrons. The zero-order chi connectivity index (χ0) is 9.68. The fourth-order valence-corrected chi connectivity index (χ4v) is 2.32. The fraction of sp³-hybridized carbons (Fsp3) is 1.00. The van der Waals surface area contributed by atoms with Gasteiger partial charge in [0.2, 0.25) is 0 Å². The molecule has 0 N–H and O–H groups in total. The normalized spacial score (nSPS) is 28.6. The summed E-state index contributed by atoms with van der Waals surface area (Å²) in [5.74, 6) is 0. The second-order valence-corrected chi connectivity index (χ2v) is 4.60. The number of likely N-dealkylation sites (N-methyl/N-ethyl adjacent to an activating group) is 1. The van der Waals surface area contributed by atoms with Crippen molar-refractivity contribution >= 4 is 15.9 Å². The largest absolute Gasteiger partial charge is 0.377 e. The van der Waals surface area contributed by atoms with Gasteiger partial charge in [0.25, 0.3) is 0 Å². The molecule has 0 aromatic heterocycles. The second-order valence-electron chi connectivity index (χ2n) is 3.81. The number of rotatable bonds is 5. The van der Waals surface area contributed by atoms with Crippen molar-refractivity contribution in [2.45, 2.75) is 38.3 Å². The molecule has 0 aliphatic carbocycles. The van der Waals surface area contributed by atoms with E-state index in [1.807, 2.05) is 0 Å². The summed E-state index contributed by atoms with van der Waals surface area (Å²) in [5.41, 5.74) is 0. The zero-order valence-corrected chi connectivity index (χ0v) is 10.2. The fourth-order valence-electron chi connectivity index (χ4n) is 1.92. The Bertz CT molecular complexity index is 143. The molecule has 2 unspecified atom stereocenters. The number of ether oxygens (including phenoxy) is 1. The van der Waals surface area contributed by atoms with E-state index in [2.05, 4.69) is 34.8 Å². The van der Waals surface area contributed by atoms with Crippen LogP contribution in [0.1, 0.15) is 26.2 Å². The lowest BCUT2D eigenvalue weighted by atomic mass is 10.1. The van der Waals surface area contributed by atoms with Gasteiger partial charge in [-0.1, -0.05) is 15.9 Å². The van der Waals surface area contributed by atoms with Crippen LogP contribution < -0.4 is 0 Å². The molecular formula is C10H20BrNO. The highest BCUT2D eigenvalue weighted by Gasteiger charge is 2.27. The van der Waals surface area contributed by atoms with E-state index in [9.17, 15) is 0 Å². The number of nitrogens with zero attached hydrogens (tertiary/aromatic N) is 1. The van der Waals surface area contributed by atoms with Crippen molar-refractivity contribution in [1.29, 1.82) is 0 Å². The number of hydrogen-bond acceptors (Lipinski definition) is 2. The Balaban J connectivity index is 2.18. The van der Waals surface area contributed by atoms with Gasteiger partial charge in [-0.15, -0.1) is 0 Å². The predicted octanol–water partition coefficient (Wildman–Crippen LogP) is 2.27. The molecule has 3 heteroatoms. The third-order valence-electron chi connectivity index (χ3n) is 2.80. The van der Waals surface area contributed by atoms with Gasteiger partial charge >= 0.3 is 0 Å². The zero-order valence-electron chi connectivity index (χ0n) is 8.63. The number of halogens is 1. The van der Waals surface area contributed by atoms with Crippen LogP contribution in [0.5, 0.6) is 0 Å². The minimum absolute atomic E-state index is 0.425. The van der Waals surface area contributed by atoms with E-state index in [0.29, 0.717) is 12.1 Å². The van der Waals surface area contributed by atoms with E-state index in [0.717, 1.165) is 11.9 Å². The van der Waals surface area contributed by atoms with Crippen LogP contribution in [0.15, 0.2) is 0 Å². The van der Waals surface area contributed by atoms with Gasteiger partial charge in [0, 0.05) is 18.0 Å². The minimum atomic E-state index is 0.425. The molecule has 1 fully saturated rings. The van der Waals surface area contributed by atoms with Gasteiger partial charge in [0.05, 0.1) is 6.10 Å². The molecule has 0 radical (unpaired) electrons. The van der Waals surface area contributed by atoms with E-state index in [4.69, 9.17) is 4.74 Å². The molecule has 1 aliphatic rings. The minimum Gasteiger partial charge on any atom is -0.377 e. The van der Waals surface area contributed by atoms with E-state index >= 15 is 0 Å². The van der Waals surface area contributed by atoms with Crippen LogP contribution in [-0.4, -0.2) is 42.6 Å². The highest BCUT2D eigenvalue weighted by atomic mass is 79.9. The monoisotopic (exact) mass is 249 g/mol. The molecule has 0 bridgehead atoms. The third-order valence-corrected chi connectivity index (χ3v) is 3.36. The van der Waals surface area contributed by atoms with E-state index in [1.165, 1.54) is 25.8 Å². The van der Waals surface area contributed by atoms with Crippen LogP contribution in [-0.2, 0) is 4.74 Å². The van der Waals surface area contributed by atoms with Crippen molar-refractivity contribution in [3.05, 3.63) is 0 Å². The van der Waals surface area contributed by atoms with Crippen LogP contribution >= 0.6 is 15.9 Å². The maximum absolute atomic E-state index is 5.54. The summed E-state index contributed by atoms with van der Waals surface area (Å²) in [6.07, 6.45) is 4.18. The van der Waals surface area contributed by atoms with Crippen LogP contribution in [0.2, 0.25) is 0 Å². The summed E-state index contributed by atoms with van der Waals surface area (Å²) in [4.78, 5) is 2.44. The SMILES string of the molecule is CC1OCCC1N(C)CCCCBr. The van der Waals surface area contributed by atoms with Gasteiger partial charge in [-0.25, -0.2) is 0 Å². The molecule has 0 aromatic carbocycles. The molecule has 2 atom stereocenters. The third kappa shape index (κ3) is 3.56. The molecule has 1 saturated heterocycles. The van der Waals surface area contributed by atoms with Crippen molar-refractivity contribution in [3.63, 3.8) is 0 Å². The molecule has 0 aromatic rings. The van der Waals surface area contributed by atoms with Gasteiger partial charge in [-0.05, 0) is 39.8 Å². The van der Waals surface area contributed by atoms with Crippen LogP contribution in [0.3, 0.4) is 0 Å². The molecule has 0 saturated carbocycles. The highest BCUT2D eigenvalue weighted by Crippen LogP contribution is 2.18. The van der Waals surface area contributed by atoms with Crippen molar-refractivity contribution < 1.29 is 4.74 Å². The first-order valence-electron chi connectivity index (χ1n) is 5.13. The summed E-state index contributed by atoms with van der Waals surface area (Å²) in [6, 6.07) is 0.648. The Hall–Kier alpha value is 0.400. The average molecular weight is 250 g/mol. The molecule has 1 heterocycles. The number of unbranched alkanes of at least 4 members (excludes halogenated alkanes) is 1. The average Bonchev–Trinajstić information content (AvgIpc) is 2.52. The lowest BCUT2D eigenvalue weighted by Gasteiger charge is -2.26. The molecule has 1 aliphatic heterocycles. The predicted molar refractivity (Wildman–Crippen MR) is 59.5 cm³/mol. The first-order chi connectivity index (χ1) is 6.25. The van der Waals surface area contributed by atoms with Crippen molar-refractivity contribution in [3.8, 4) is 0 Å². The summed E-state index contributed by atoms with van der Waals surface area (Å²) in [7, 11) is 2.21. The molecule has 0 spiro atoms. The van der Waals surface area contributed by atoms with Gasteiger partial charge < -0.3 is 9.64 Å².